The number of halogens is 1. The van der Waals surface area contributed by atoms with Crippen LogP contribution in [0.25, 0.3) is 0 Å². The van der Waals surface area contributed by atoms with Crippen molar-refractivity contribution in [2.24, 2.45) is 0 Å². The average Bonchev–Trinajstić information content (AvgIpc) is 3.05. The molecule has 116 valence electrons. The highest BCUT2D eigenvalue weighted by Crippen LogP contribution is 2.29. The Labute approximate surface area is 128 Å². The van der Waals surface area contributed by atoms with Crippen LogP contribution in [0, 0.1) is 12.7 Å². The molecule has 1 aromatic carbocycles. The molecule has 1 aliphatic heterocycles. The molecule has 2 aromatic rings. The molecule has 0 unspecified atom stereocenters. The van der Waals surface area contributed by atoms with E-state index in [9.17, 15) is 9.18 Å². The first kappa shape index (κ1) is 14.7. The van der Waals surface area contributed by atoms with Crippen molar-refractivity contribution in [2.45, 2.75) is 25.3 Å². The molecule has 0 saturated carbocycles. The molecule has 0 atom stereocenters. The highest BCUT2D eigenvalue weighted by atomic mass is 19.1. The van der Waals surface area contributed by atoms with Crippen LogP contribution < -0.4 is 10.6 Å². The SMILES string of the molecule is Cc1cc(F)ccc1NC(=O)C1(n2cccn2)CCNCC1. The van der Waals surface area contributed by atoms with E-state index in [2.05, 4.69) is 15.7 Å². The number of hydrogen-bond acceptors (Lipinski definition) is 3. The first-order valence-electron chi connectivity index (χ1n) is 7.40. The van der Waals surface area contributed by atoms with Gasteiger partial charge in [0.15, 0.2) is 0 Å². The van der Waals surface area contributed by atoms with Crippen molar-refractivity contribution in [1.82, 2.24) is 15.1 Å². The molecule has 22 heavy (non-hydrogen) atoms. The van der Waals surface area contributed by atoms with Crippen LogP contribution in [0.15, 0.2) is 36.7 Å². The fourth-order valence-electron chi connectivity index (χ4n) is 2.93. The maximum absolute atomic E-state index is 13.2. The highest BCUT2D eigenvalue weighted by molar-refractivity contribution is 5.97. The lowest BCUT2D eigenvalue weighted by atomic mass is 9.87. The minimum absolute atomic E-state index is 0.104. The second kappa shape index (κ2) is 5.88. The van der Waals surface area contributed by atoms with Gasteiger partial charge in [0, 0.05) is 18.1 Å². The summed E-state index contributed by atoms with van der Waals surface area (Å²) in [6, 6.07) is 6.19. The second-order valence-corrected chi connectivity index (χ2v) is 5.65. The van der Waals surface area contributed by atoms with Crippen molar-refractivity contribution >= 4 is 11.6 Å². The monoisotopic (exact) mass is 302 g/mol. The van der Waals surface area contributed by atoms with Gasteiger partial charge in [-0.3, -0.25) is 9.48 Å². The lowest BCUT2D eigenvalue weighted by molar-refractivity contribution is -0.126. The van der Waals surface area contributed by atoms with E-state index < -0.39 is 5.54 Å². The number of carbonyl (C=O) groups is 1. The number of nitrogens with zero attached hydrogens (tertiary/aromatic N) is 2. The largest absolute Gasteiger partial charge is 0.324 e. The van der Waals surface area contributed by atoms with Gasteiger partial charge in [-0.05, 0) is 62.7 Å². The summed E-state index contributed by atoms with van der Waals surface area (Å²) in [5.41, 5.74) is 0.643. The van der Waals surface area contributed by atoms with Gasteiger partial charge in [-0.25, -0.2) is 4.39 Å². The van der Waals surface area contributed by atoms with Gasteiger partial charge >= 0.3 is 0 Å². The van der Waals surface area contributed by atoms with Gasteiger partial charge < -0.3 is 10.6 Å². The Morgan fingerprint density at radius 1 is 1.41 bits per heavy atom. The van der Waals surface area contributed by atoms with Crippen LogP contribution in [0.4, 0.5) is 10.1 Å². The van der Waals surface area contributed by atoms with E-state index in [1.807, 2.05) is 12.3 Å². The lowest BCUT2D eigenvalue weighted by Crippen LogP contribution is -2.52. The number of carbonyl (C=O) groups excluding carboxylic acids is 1. The van der Waals surface area contributed by atoms with E-state index in [4.69, 9.17) is 0 Å². The minimum atomic E-state index is -0.699. The van der Waals surface area contributed by atoms with Crippen molar-refractivity contribution in [3.8, 4) is 0 Å². The molecule has 2 heterocycles. The van der Waals surface area contributed by atoms with E-state index in [-0.39, 0.29) is 11.7 Å². The molecule has 2 N–H and O–H groups in total. The zero-order chi connectivity index (χ0) is 15.6. The summed E-state index contributed by atoms with van der Waals surface area (Å²) in [5, 5.41) is 10.5. The van der Waals surface area contributed by atoms with Crippen molar-refractivity contribution in [1.29, 1.82) is 0 Å². The summed E-state index contributed by atoms with van der Waals surface area (Å²) in [6.07, 6.45) is 4.84. The Morgan fingerprint density at radius 2 is 2.18 bits per heavy atom. The summed E-state index contributed by atoms with van der Waals surface area (Å²) in [7, 11) is 0. The Morgan fingerprint density at radius 3 is 2.82 bits per heavy atom. The van der Waals surface area contributed by atoms with Crippen molar-refractivity contribution in [2.75, 3.05) is 18.4 Å². The molecule has 1 amide bonds. The molecule has 1 aromatic heterocycles. The number of piperidine rings is 1. The Bertz CT molecular complexity index is 663. The lowest BCUT2D eigenvalue weighted by Gasteiger charge is -2.36. The Hall–Kier alpha value is -2.21. The zero-order valence-electron chi connectivity index (χ0n) is 12.5. The van der Waals surface area contributed by atoms with Gasteiger partial charge in [-0.1, -0.05) is 0 Å². The van der Waals surface area contributed by atoms with Gasteiger partial charge in [0.1, 0.15) is 11.4 Å². The van der Waals surface area contributed by atoms with Crippen LogP contribution in [0.3, 0.4) is 0 Å². The second-order valence-electron chi connectivity index (χ2n) is 5.65. The summed E-state index contributed by atoms with van der Waals surface area (Å²) in [6.45, 7) is 3.30. The number of hydrogen-bond donors (Lipinski definition) is 2. The number of rotatable bonds is 3. The molecule has 6 heteroatoms. The van der Waals surface area contributed by atoms with Crippen molar-refractivity contribution < 1.29 is 9.18 Å². The average molecular weight is 302 g/mol. The Balaban J connectivity index is 1.90. The topological polar surface area (TPSA) is 59.0 Å². The van der Waals surface area contributed by atoms with Gasteiger partial charge in [-0.2, -0.15) is 5.10 Å². The van der Waals surface area contributed by atoms with Crippen LogP contribution >= 0.6 is 0 Å². The van der Waals surface area contributed by atoms with E-state index in [1.165, 1.54) is 12.1 Å². The third-order valence-corrected chi connectivity index (χ3v) is 4.23. The van der Waals surface area contributed by atoms with Crippen LogP contribution in [-0.2, 0) is 10.3 Å². The van der Waals surface area contributed by atoms with Crippen LogP contribution in [0.2, 0.25) is 0 Å². The smallest absolute Gasteiger partial charge is 0.252 e. The van der Waals surface area contributed by atoms with E-state index >= 15 is 0 Å². The molecule has 1 saturated heterocycles. The molecule has 0 bridgehead atoms. The fraction of sp³-hybridized carbons (Fsp3) is 0.375. The van der Waals surface area contributed by atoms with E-state index in [0.29, 0.717) is 24.1 Å². The maximum Gasteiger partial charge on any atom is 0.252 e. The van der Waals surface area contributed by atoms with Crippen LogP contribution in [0.5, 0.6) is 0 Å². The van der Waals surface area contributed by atoms with E-state index in [1.54, 1.807) is 23.9 Å². The molecular weight excluding hydrogens is 283 g/mol. The molecule has 5 nitrogen and oxygen atoms in total. The number of anilines is 1. The first-order chi connectivity index (χ1) is 10.6. The highest BCUT2D eigenvalue weighted by Gasteiger charge is 2.42. The van der Waals surface area contributed by atoms with Gasteiger partial charge in [0.25, 0.3) is 5.91 Å². The number of aryl methyl sites for hydroxylation is 1. The first-order valence-corrected chi connectivity index (χ1v) is 7.40. The summed E-state index contributed by atoms with van der Waals surface area (Å²) < 4.78 is 14.9. The number of amides is 1. The van der Waals surface area contributed by atoms with Crippen molar-refractivity contribution in [3.05, 3.63) is 48.0 Å². The third-order valence-electron chi connectivity index (χ3n) is 4.23. The standard InChI is InChI=1S/C16H19FN4O/c1-12-11-13(17)3-4-14(12)20-15(22)16(5-8-18-9-6-16)21-10-2-7-19-21/h2-4,7,10-11,18H,5-6,8-9H2,1H3,(H,20,22). The number of aromatic nitrogens is 2. The summed E-state index contributed by atoms with van der Waals surface area (Å²) in [4.78, 5) is 12.9. The van der Waals surface area contributed by atoms with Gasteiger partial charge in [0.05, 0.1) is 0 Å². The van der Waals surface area contributed by atoms with Crippen LogP contribution in [-0.4, -0.2) is 28.8 Å². The predicted octanol–water partition coefficient (Wildman–Crippen LogP) is 2.05. The normalized spacial score (nSPS) is 17.2. The van der Waals surface area contributed by atoms with E-state index in [0.717, 1.165) is 13.1 Å². The third kappa shape index (κ3) is 2.62. The van der Waals surface area contributed by atoms with Crippen molar-refractivity contribution in [3.63, 3.8) is 0 Å². The number of benzene rings is 1. The molecule has 1 fully saturated rings. The zero-order valence-corrected chi connectivity index (χ0v) is 12.5. The summed E-state index contributed by atoms with van der Waals surface area (Å²) in [5.74, 6) is -0.411. The Kier molecular flexibility index (Phi) is 3.94. The molecule has 0 aliphatic carbocycles. The van der Waals surface area contributed by atoms with Gasteiger partial charge in [-0.15, -0.1) is 0 Å². The minimum Gasteiger partial charge on any atom is -0.324 e. The fourth-order valence-corrected chi connectivity index (χ4v) is 2.93. The summed E-state index contributed by atoms with van der Waals surface area (Å²) >= 11 is 0. The maximum atomic E-state index is 13.2. The molecule has 3 rings (SSSR count). The number of nitrogens with one attached hydrogen (secondary N) is 2. The quantitative estimate of drug-likeness (QED) is 0.912. The molecule has 1 aliphatic rings. The molecular formula is C16H19FN4O. The molecule has 0 radical (unpaired) electrons. The molecule has 0 spiro atoms. The van der Waals surface area contributed by atoms with Crippen LogP contribution in [0.1, 0.15) is 18.4 Å². The van der Waals surface area contributed by atoms with Gasteiger partial charge in [0.2, 0.25) is 0 Å². The predicted molar refractivity (Wildman–Crippen MR) is 82.1 cm³/mol.